The van der Waals surface area contributed by atoms with Gasteiger partial charge in [0.15, 0.2) is 0 Å². The highest BCUT2D eigenvalue weighted by Crippen LogP contribution is 2.28. The quantitative estimate of drug-likeness (QED) is 0.476. The number of allylic oxidation sites excluding steroid dienone is 2. The minimum Gasteiger partial charge on any atom is -0.0998 e. The van der Waals surface area contributed by atoms with Crippen LogP contribution in [0.5, 0.6) is 0 Å². The fourth-order valence-electron chi connectivity index (χ4n) is 1.96. The number of hydrogen-bond donors (Lipinski definition) is 0. The molecular formula is C16H32. The number of hydrogen-bond acceptors (Lipinski definition) is 0. The molecule has 16 heavy (non-hydrogen) atoms. The molecule has 0 saturated carbocycles. The summed E-state index contributed by atoms with van der Waals surface area (Å²) in [5, 5.41) is 0. The molecule has 0 saturated heterocycles. The van der Waals surface area contributed by atoms with Crippen LogP contribution in [0, 0.1) is 17.8 Å². The van der Waals surface area contributed by atoms with Crippen LogP contribution < -0.4 is 0 Å². The van der Waals surface area contributed by atoms with E-state index in [-0.39, 0.29) is 7.43 Å². The zero-order valence-corrected chi connectivity index (χ0v) is 11.3. The van der Waals surface area contributed by atoms with Gasteiger partial charge in [-0.25, -0.2) is 0 Å². The molecular weight excluding hydrogens is 192 g/mol. The van der Waals surface area contributed by atoms with E-state index in [1.807, 2.05) is 0 Å². The van der Waals surface area contributed by atoms with Crippen molar-refractivity contribution in [2.45, 2.75) is 61.3 Å². The van der Waals surface area contributed by atoms with Gasteiger partial charge in [0.05, 0.1) is 0 Å². The van der Waals surface area contributed by atoms with Gasteiger partial charge in [-0.2, -0.15) is 0 Å². The average Bonchev–Trinajstić information content (AvgIpc) is 2.15. The lowest BCUT2D eigenvalue weighted by Crippen LogP contribution is -2.13. The highest BCUT2D eigenvalue weighted by molar-refractivity contribution is 5.10. The summed E-state index contributed by atoms with van der Waals surface area (Å²) < 4.78 is 0. The first-order valence-electron chi connectivity index (χ1n) is 6.20. The van der Waals surface area contributed by atoms with Gasteiger partial charge < -0.3 is 0 Å². The summed E-state index contributed by atoms with van der Waals surface area (Å²) in [6, 6.07) is 0. The largest absolute Gasteiger partial charge is 0.0998 e. The van der Waals surface area contributed by atoms with Crippen molar-refractivity contribution >= 4 is 0 Å². The summed E-state index contributed by atoms with van der Waals surface area (Å²) in [7, 11) is 0. The molecule has 0 aromatic heterocycles. The maximum Gasteiger partial charge on any atom is -0.0114 e. The third-order valence-electron chi connectivity index (χ3n) is 3.50. The van der Waals surface area contributed by atoms with Crippen molar-refractivity contribution < 1.29 is 0 Å². The summed E-state index contributed by atoms with van der Waals surface area (Å²) in [4.78, 5) is 0. The molecule has 0 N–H and O–H groups in total. The molecule has 0 aliphatic carbocycles. The average molecular weight is 224 g/mol. The van der Waals surface area contributed by atoms with E-state index in [2.05, 4.69) is 47.8 Å². The monoisotopic (exact) mass is 224 g/mol. The Bertz CT molecular complexity index is 212. The van der Waals surface area contributed by atoms with Crippen molar-refractivity contribution in [3.63, 3.8) is 0 Å². The van der Waals surface area contributed by atoms with E-state index in [1.54, 1.807) is 0 Å². The Balaban J connectivity index is 0. The molecule has 0 fully saturated rings. The van der Waals surface area contributed by atoms with Crippen LogP contribution in [0.1, 0.15) is 61.3 Å². The second-order valence-corrected chi connectivity index (χ2v) is 5.31. The van der Waals surface area contributed by atoms with Gasteiger partial charge in [0.25, 0.3) is 0 Å². The van der Waals surface area contributed by atoms with Crippen molar-refractivity contribution in [3.05, 3.63) is 24.3 Å². The molecule has 0 rings (SSSR count). The van der Waals surface area contributed by atoms with E-state index >= 15 is 0 Å². The molecule has 0 aliphatic rings. The third-order valence-corrected chi connectivity index (χ3v) is 3.50. The summed E-state index contributed by atoms with van der Waals surface area (Å²) in [6.45, 7) is 19.5. The molecule has 0 aromatic rings. The van der Waals surface area contributed by atoms with E-state index < -0.39 is 0 Å². The molecule has 0 bridgehead atoms. The maximum absolute atomic E-state index is 4.19. The highest BCUT2D eigenvalue weighted by atomic mass is 14.2. The fraction of sp³-hybridized carbons (Fsp3) is 0.750. The van der Waals surface area contributed by atoms with Crippen LogP contribution in [-0.2, 0) is 0 Å². The Labute approximate surface area is 104 Å². The summed E-state index contributed by atoms with van der Waals surface area (Å²) in [6.07, 6.45) is 3.59. The second kappa shape index (κ2) is 8.61. The minimum absolute atomic E-state index is 0. The topological polar surface area (TPSA) is 0 Å². The lowest BCUT2D eigenvalue weighted by molar-refractivity contribution is 0.337. The summed E-state index contributed by atoms with van der Waals surface area (Å²) in [5.74, 6) is 2.20. The van der Waals surface area contributed by atoms with Gasteiger partial charge in [-0.3, -0.25) is 0 Å². The van der Waals surface area contributed by atoms with Crippen molar-refractivity contribution in [1.82, 2.24) is 0 Å². The van der Waals surface area contributed by atoms with E-state index in [4.69, 9.17) is 0 Å². The Hall–Kier alpha value is -0.520. The molecule has 0 radical (unpaired) electrons. The van der Waals surface area contributed by atoms with E-state index in [0.29, 0.717) is 5.92 Å². The van der Waals surface area contributed by atoms with Crippen LogP contribution >= 0.6 is 0 Å². The van der Waals surface area contributed by atoms with Crippen LogP contribution in [0.2, 0.25) is 0 Å². The third kappa shape index (κ3) is 6.87. The molecule has 0 amide bonds. The predicted octanol–water partition coefficient (Wildman–Crippen LogP) is 5.85. The Morgan fingerprint density at radius 1 is 1.12 bits per heavy atom. The molecule has 96 valence electrons. The standard InChI is InChI=1S/C15H28.CH4/c1-8-12(4)10-14(6)15(7)13(5)9-11(2)3;/h12,14-15H,2,5,8-10H2,1,3-4,6-7H3;1H4. The molecule has 0 heteroatoms. The highest BCUT2D eigenvalue weighted by Gasteiger charge is 2.17. The first-order valence-corrected chi connectivity index (χ1v) is 6.20. The normalized spacial score (nSPS) is 15.8. The van der Waals surface area contributed by atoms with Gasteiger partial charge in [0.2, 0.25) is 0 Å². The van der Waals surface area contributed by atoms with E-state index in [0.717, 1.165) is 18.3 Å². The van der Waals surface area contributed by atoms with Crippen LogP contribution in [0.3, 0.4) is 0 Å². The van der Waals surface area contributed by atoms with Crippen LogP contribution in [0.25, 0.3) is 0 Å². The van der Waals surface area contributed by atoms with Crippen LogP contribution in [0.15, 0.2) is 24.3 Å². The Kier molecular flexibility index (Phi) is 9.61. The van der Waals surface area contributed by atoms with Crippen molar-refractivity contribution in [2.75, 3.05) is 0 Å². The van der Waals surface area contributed by atoms with Gasteiger partial charge in [-0.15, -0.1) is 0 Å². The zero-order valence-electron chi connectivity index (χ0n) is 11.3. The van der Waals surface area contributed by atoms with E-state index in [1.165, 1.54) is 24.0 Å². The van der Waals surface area contributed by atoms with Gasteiger partial charge in [0, 0.05) is 0 Å². The summed E-state index contributed by atoms with van der Waals surface area (Å²) in [5.41, 5.74) is 2.57. The van der Waals surface area contributed by atoms with Crippen LogP contribution in [0.4, 0.5) is 0 Å². The fourth-order valence-corrected chi connectivity index (χ4v) is 1.96. The van der Waals surface area contributed by atoms with Crippen molar-refractivity contribution in [1.29, 1.82) is 0 Å². The predicted molar refractivity (Wildman–Crippen MR) is 77.7 cm³/mol. The molecule has 0 aromatic carbocycles. The Morgan fingerprint density at radius 3 is 2.00 bits per heavy atom. The SMILES string of the molecule is C.C=C(C)CC(=C)C(C)C(C)CC(C)CC. The molecule has 0 spiro atoms. The molecule has 0 aliphatic heterocycles. The second-order valence-electron chi connectivity index (χ2n) is 5.31. The van der Waals surface area contributed by atoms with Crippen molar-refractivity contribution in [2.24, 2.45) is 17.8 Å². The smallest absolute Gasteiger partial charge is 0.0114 e. The zero-order chi connectivity index (χ0) is 12.0. The first-order chi connectivity index (χ1) is 6.88. The first kappa shape index (κ1) is 17.9. The van der Waals surface area contributed by atoms with Gasteiger partial charge in [0.1, 0.15) is 0 Å². The molecule has 0 heterocycles. The maximum atomic E-state index is 4.19. The molecule has 0 nitrogen and oxygen atoms in total. The molecule has 3 atom stereocenters. The molecule has 3 unspecified atom stereocenters. The summed E-state index contributed by atoms with van der Waals surface area (Å²) >= 11 is 0. The minimum atomic E-state index is 0. The number of rotatable bonds is 7. The van der Waals surface area contributed by atoms with Gasteiger partial charge >= 0.3 is 0 Å². The van der Waals surface area contributed by atoms with E-state index in [9.17, 15) is 0 Å². The van der Waals surface area contributed by atoms with Gasteiger partial charge in [-0.1, -0.05) is 65.8 Å². The lowest BCUT2D eigenvalue weighted by Gasteiger charge is -2.24. The van der Waals surface area contributed by atoms with Gasteiger partial charge in [-0.05, 0) is 37.5 Å². The Morgan fingerprint density at radius 2 is 1.62 bits per heavy atom. The van der Waals surface area contributed by atoms with Crippen LogP contribution in [-0.4, -0.2) is 0 Å². The van der Waals surface area contributed by atoms with Crippen molar-refractivity contribution in [3.8, 4) is 0 Å². The lowest BCUT2D eigenvalue weighted by atomic mass is 9.81.